The highest BCUT2D eigenvalue weighted by molar-refractivity contribution is 6.67. The van der Waals surface area contributed by atoms with Gasteiger partial charge in [0.15, 0.2) is 5.65 Å². The molecule has 100 valence electrons. The molecule has 0 aliphatic carbocycles. The third-order valence-electron chi connectivity index (χ3n) is 2.67. The monoisotopic (exact) mass is 310 g/mol. The van der Waals surface area contributed by atoms with E-state index in [1.54, 1.807) is 12.1 Å². The number of aromatic nitrogens is 4. The molecular formula is C12H5Cl2FN4O. The van der Waals surface area contributed by atoms with Crippen molar-refractivity contribution < 1.29 is 9.18 Å². The van der Waals surface area contributed by atoms with Gasteiger partial charge in [0.2, 0.25) is 0 Å². The van der Waals surface area contributed by atoms with Crippen molar-refractivity contribution in [1.82, 2.24) is 20.0 Å². The van der Waals surface area contributed by atoms with Crippen molar-refractivity contribution in [3.63, 3.8) is 0 Å². The van der Waals surface area contributed by atoms with E-state index in [0.29, 0.717) is 16.9 Å². The van der Waals surface area contributed by atoms with Crippen LogP contribution < -0.4 is 0 Å². The number of benzene rings is 1. The van der Waals surface area contributed by atoms with Crippen molar-refractivity contribution in [2.75, 3.05) is 0 Å². The van der Waals surface area contributed by atoms with Gasteiger partial charge in [-0.25, -0.2) is 9.37 Å². The van der Waals surface area contributed by atoms with Gasteiger partial charge in [0, 0.05) is 6.07 Å². The zero-order chi connectivity index (χ0) is 14.3. The summed E-state index contributed by atoms with van der Waals surface area (Å²) in [4.78, 5) is 15.1. The van der Waals surface area contributed by atoms with Gasteiger partial charge < -0.3 is 0 Å². The van der Waals surface area contributed by atoms with E-state index < -0.39 is 11.1 Å². The van der Waals surface area contributed by atoms with Crippen LogP contribution in [0.25, 0.3) is 16.9 Å². The third-order valence-corrected chi connectivity index (χ3v) is 3.09. The molecule has 0 fully saturated rings. The molecule has 0 amide bonds. The van der Waals surface area contributed by atoms with Crippen molar-refractivity contribution in [3.05, 3.63) is 46.9 Å². The standard InChI is InChI=1S/C12H5Cl2FN4O/c13-10-4-3-9-12(16-10)19(18-17-9)6-1-2-7(11(14)20)8(15)5-6/h1-5H. The SMILES string of the molecule is O=C(Cl)c1ccc(-n2nnc3ccc(Cl)nc32)cc1F. The van der Waals surface area contributed by atoms with E-state index >= 15 is 0 Å². The minimum atomic E-state index is -0.862. The number of hydrogen-bond acceptors (Lipinski definition) is 4. The third kappa shape index (κ3) is 2.13. The first-order chi connectivity index (χ1) is 9.56. The van der Waals surface area contributed by atoms with Crippen LogP contribution in [0.15, 0.2) is 30.3 Å². The lowest BCUT2D eigenvalue weighted by atomic mass is 10.2. The molecule has 0 unspecified atom stereocenters. The molecule has 0 atom stereocenters. The number of pyridine rings is 1. The summed E-state index contributed by atoms with van der Waals surface area (Å²) in [6.45, 7) is 0. The van der Waals surface area contributed by atoms with Crippen molar-refractivity contribution in [2.24, 2.45) is 0 Å². The first-order valence-electron chi connectivity index (χ1n) is 5.44. The van der Waals surface area contributed by atoms with E-state index in [1.807, 2.05) is 0 Å². The van der Waals surface area contributed by atoms with E-state index in [-0.39, 0.29) is 10.7 Å². The summed E-state index contributed by atoms with van der Waals surface area (Å²) >= 11 is 11.1. The van der Waals surface area contributed by atoms with Crippen LogP contribution in [0.3, 0.4) is 0 Å². The molecule has 0 saturated carbocycles. The molecule has 0 saturated heterocycles. The first kappa shape index (κ1) is 13.0. The van der Waals surface area contributed by atoms with Crippen molar-refractivity contribution in [1.29, 1.82) is 0 Å². The van der Waals surface area contributed by atoms with E-state index in [2.05, 4.69) is 15.3 Å². The fourth-order valence-electron chi connectivity index (χ4n) is 1.76. The van der Waals surface area contributed by atoms with E-state index in [4.69, 9.17) is 23.2 Å². The predicted molar refractivity (Wildman–Crippen MR) is 71.8 cm³/mol. The number of carbonyl (C=O) groups excluding carboxylic acids is 1. The molecule has 0 spiro atoms. The average Bonchev–Trinajstić information content (AvgIpc) is 2.81. The molecule has 0 N–H and O–H groups in total. The highest BCUT2D eigenvalue weighted by atomic mass is 35.5. The summed E-state index contributed by atoms with van der Waals surface area (Å²) in [6, 6.07) is 7.14. The highest BCUT2D eigenvalue weighted by Crippen LogP contribution is 2.19. The van der Waals surface area contributed by atoms with Gasteiger partial charge in [0.1, 0.15) is 16.5 Å². The number of halogens is 3. The van der Waals surface area contributed by atoms with Gasteiger partial charge in [0.05, 0.1) is 11.3 Å². The van der Waals surface area contributed by atoms with Crippen molar-refractivity contribution in [3.8, 4) is 5.69 Å². The number of fused-ring (bicyclic) bond motifs is 1. The maximum atomic E-state index is 13.8. The van der Waals surface area contributed by atoms with Crippen LogP contribution in [0.1, 0.15) is 10.4 Å². The second-order valence-electron chi connectivity index (χ2n) is 3.92. The smallest absolute Gasteiger partial charge is 0.255 e. The minimum absolute atomic E-state index is 0.203. The second-order valence-corrected chi connectivity index (χ2v) is 4.65. The molecule has 3 aromatic rings. The van der Waals surface area contributed by atoms with Gasteiger partial charge in [-0.05, 0) is 35.9 Å². The van der Waals surface area contributed by atoms with Crippen LogP contribution in [-0.4, -0.2) is 25.2 Å². The van der Waals surface area contributed by atoms with Crippen LogP contribution >= 0.6 is 23.2 Å². The fourth-order valence-corrected chi connectivity index (χ4v) is 2.05. The number of hydrogen-bond donors (Lipinski definition) is 0. The number of nitrogens with zero attached hydrogens (tertiary/aromatic N) is 4. The van der Waals surface area contributed by atoms with Gasteiger partial charge in [0.25, 0.3) is 5.24 Å². The lowest BCUT2D eigenvalue weighted by molar-refractivity contribution is 0.107. The van der Waals surface area contributed by atoms with E-state index in [1.165, 1.54) is 16.8 Å². The summed E-state index contributed by atoms with van der Waals surface area (Å²) in [6.07, 6.45) is 0. The van der Waals surface area contributed by atoms with Gasteiger partial charge in [-0.2, -0.15) is 4.68 Å². The molecule has 8 heteroatoms. The van der Waals surface area contributed by atoms with Crippen molar-refractivity contribution in [2.45, 2.75) is 0 Å². The zero-order valence-corrected chi connectivity index (χ0v) is 11.2. The Morgan fingerprint density at radius 2 is 2.05 bits per heavy atom. The molecule has 1 aromatic carbocycles. The molecule has 5 nitrogen and oxygen atoms in total. The normalized spacial score (nSPS) is 10.9. The van der Waals surface area contributed by atoms with Crippen molar-refractivity contribution >= 4 is 39.6 Å². The maximum absolute atomic E-state index is 13.8. The summed E-state index contributed by atoms with van der Waals surface area (Å²) in [5, 5.41) is 7.19. The second kappa shape index (κ2) is 4.81. The Hall–Kier alpha value is -2.05. The Balaban J connectivity index is 2.18. The Kier molecular flexibility index (Phi) is 3.11. The molecule has 0 radical (unpaired) electrons. The molecule has 20 heavy (non-hydrogen) atoms. The summed E-state index contributed by atoms with van der Waals surface area (Å²) in [5.41, 5.74) is 1.07. The molecule has 3 rings (SSSR count). The fraction of sp³-hybridized carbons (Fsp3) is 0. The van der Waals surface area contributed by atoms with Crippen LogP contribution in [0, 0.1) is 5.82 Å². The average molecular weight is 311 g/mol. The summed E-state index contributed by atoms with van der Waals surface area (Å²) in [5.74, 6) is -0.742. The minimum Gasteiger partial charge on any atom is -0.275 e. The largest absolute Gasteiger partial charge is 0.275 e. The van der Waals surface area contributed by atoms with Gasteiger partial charge in [-0.1, -0.05) is 16.8 Å². The van der Waals surface area contributed by atoms with Gasteiger partial charge in [-0.15, -0.1) is 5.10 Å². The lowest BCUT2D eigenvalue weighted by Gasteiger charge is -2.03. The zero-order valence-electron chi connectivity index (χ0n) is 9.72. The Morgan fingerprint density at radius 3 is 2.75 bits per heavy atom. The Labute approximate surface area is 121 Å². The molecule has 2 aromatic heterocycles. The topological polar surface area (TPSA) is 60.7 Å². The molecule has 0 bridgehead atoms. The molecule has 0 aliphatic rings. The molecular weight excluding hydrogens is 306 g/mol. The lowest BCUT2D eigenvalue weighted by Crippen LogP contribution is -2.01. The highest BCUT2D eigenvalue weighted by Gasteiger charge is 2.13. The van der Waals surface area contributed by atoms with Crippen LogP contribution in [0.5, 0.6) is 0 Å². The Morgan fingerprint density at radius 1 is 1.25 bits per heavy atom. The van der Waals surface area contributed by atoms with E-state index in [9.17, 15) is 9.18 Å². The first-order valence-corrected chi connectivity index (χ1v) is 6.19. The van der Waals surface area contributed by atoms with Gasteiger partial charge >= 0.3 is 0 Å². The Bertz CT molecular complexity index is 833. The summed E-state index contributed by atoms with van der Waals surface area (Å²) in [7, 11) is 0. The van der Waals surface area contributed by atoms with Crippen LogP contribution in [-0.2, 0) is 0 Å². The number of rotatable bonds is 2. The quantitative estimate of drug-likeness (QED) is 0.539. The predicted octanol–water partition coefficient (Wildman–Crippen LogP) is 2.99. The maximum Gasteiger partial charge on any atom is 0.255 e. The summed E-state index contributed by atoms with van der Waals surface area (Å²) < 4.78 is 15.1. The van der Waals surface area contributed by atoms with Gasteiger partial charge in [-0.3, -0.25) is 4.79 Å². The van der Waals surface area contributed by atoms with E-state index in [0.717, 1.165) is 6.07 Å². The molecule has 2 heterocycles. The number of carbonyl (C=O) groups is 1. The molecule has 0 aliphatic heterocycles. The van der Waals surface area contributed by atoms with Crippen LogP contribution in [0.4, 0.5) is 4.39 Å². The van der Waals surface area contributed by atoms with Crippen LogP contribution in [0.2, 0.25) is 5.15 Å².